The van der Waals surface area contributed by atoms with Gasteiger partial charge in [-0.1, -0.05) is 12.1 Å². The van der Waals surface area contributed by atoms with Crippen LogP contribution in [0.15, 0.2) is 48.7 Å². The van der Waals surface area contributed by atoms with Gasteiger partial charge in [0.15, 0.2) is 11.5 Å². The molecule has 7 heteroatoms. The number of halogens is 1. The molecule has 0 spiro atoms. The summed E-state index contributed by atoms with van der Waals surface area (Å²) >= 11 is 0. The molecule has 1 aliphatic rings. The minimum atomic E-state index is -0.221. The van der Waals surface area contributed by atoms with E-state index in [2.05, 4.69) is 20.4 Å². The van der Waals surface area contributed by atoms with Crippen molar-refractivity contribution in [2.45, 2.75) is 12.6 Å². The van der Waals surface area contributed by atoms with E-state index in [1.807, 2.05) is 50.6 Å². The number of fused-ring (bicyclic) bond motifs is 1. The van der Waals surface area contributed by atoms with Crippen LogP contribution in [0.1, 0.15) is 17.2 Å². The Bertz CT molecular complexity index is 956. The fourth-order valence-corrected chi connectivity index (χ4v) is 3.52. The van der Waals surface area contributed by atoms with E-state index < -0.39 is 0 Å². The molecule has 4 rings (SSSR count). The van der Waals surface area contributed by atoms with E-state index in [9.17, 15) is 4.39 Å². The lowest BCUT2D eigenvalue weighted by Crippen LogP contribution is -2.30. The second-order valence-electron chi connectivity index (χ2n) is 7.29. The number of H-pyrrole nitrogens is 1. The molecule has 2 N–H and O–H groups in total. The number of aromatic nitrogens is 2. The molecule has 0 radical (unpaired) electrons. The Kier molecular flexibility index (Phi) is 5.78. The Morgan fingerprint density at radius 1 is 1.10 bits per heavy atom. The smallest absolute Gasteiger partial charge is 0.162 e. The molecular weight excluding hydrogens is 371 g/mol. The summed E-state index contributed by atoms with van der Waals surface area (Å²) < 4.78 is 24.5. The highest BCUT2D eigenvalue weighted by atomic mass is 19.1. The van der Waals surface area contributed by atoms with E-state index in [1.165, 1.54) is 12.1 Å². The molecule has 2 heterocycles. The topological polar surface area (TPSA) is 62.4 Å². The molecule has 3 aromatic rings. The zero-order chi connectivity index (χ0) is 20.2. The highest BCUT2D eigenvalue weighted by Gasteiger charge is 2.17. The SMILES string of the molecule is CN(C)C(CNCc1cn[nH]c1-c1ccc2c(c1)OCCO2)c1ccc(F)cc1. The summed E-state index contributed by atoms with van der Waals surface area (Å²) in [4.78, 5) is 2.12. The van der Waals surface area contributed by atoms with E-state index in [0.717, 1.165) is 40.4 Å². The molecule has 29 heavy (non-hydrogen) atoms. The number of benzene rings is 2. The van der Waals surface area contributed by atoms with Gasteiger partial charge in [0.2, 0.25) is 0 Å². The Balaban J connectivity index is 1.44. The van der Waals surface area contributed by atoms with Crippen molar-refractivity contribution in [3.63, 3.8) is 0 Å². The summed E-state index contributed by atoms with van der Waals surface area (Å²) in [5, 5.41) is 10.8. The fraction of sp³-hybridized carbons (Fsp3) is 0.318. The van der Waals surface area contributed by atoms with Gasteiger partial charge in [-0.25, -0.2) is 4.39 Å². The Labute approximate surface area is 169 Å². The number of nitrogens with zero attached hydrogens (tertiary/aromatic N) is 2. The zero-order valence-corrected chi connectivity index (χ0v) is 16.6. The third kappa shape index (κ3) is 4.41. The van der Waals surface area contributed by atoms with Crippen molar-refractivity contribution in [3.05, 3.63) is 65.6 Å². The monoisotopic (exact) mass is 396 g/mol. The number of nitrogens with one attached hydrogen (secondary N) is 2. The van der Waals surface area contributed by atoms with Crippen molar-refractivity contribution in [2.24, 2.45) is 0 Å². The van der Waals surface area contributed by atoms with Crippen LogP contribution in [0.5, 0.6) is 11.5 Å². The van der Waals surface area contributed by atoms with Crippen LogP contribution in [0.2, 0.25) is 0 Å². The van der Waals surface area contributed by atoms with E-state index in [1.54, 1.807) is 0 Å². The van der Waals surface area contributed by atoms with Crippen LogP contribution in [-0.2, 0) is 6.54 Å². The van der Waals surface area contributed by atoms with Crippen molar-refractivity contribution in [2.75, 3.05) is 33.9 Å². The molecular formula is C22H25FN4O2. The number of ether oxygens (including phenoxy) is 2. The first kappa shape index (κ1) is 19.4. The quantitative estimate of drug-likeness (QED) is 0.641. The van der Waals surface area contributed by atoms with Crippen LogP contribution in [0.4, 0.5) is 4.39 Å². The van der Waals surface area contributed by atoms with Gasteiger partial charge in [-0.2, -0.15) is 5.10 Å². The maximum absolute atomic E-state index is 13.2. The van der Waals surface area contributed by atoms with Crippen LogP contribution in [0, 0.1) is 5.82 Å². The molecule has 0 fully saturated rings. The van der Waals surface area contributed by atoms with Crippen molar-refractivity contribution in [1.82, 2.24) is 20.4 Å². The fourth-order valence-electron chi connectivity index (χ4n) is 3.52. The highest BCUT2D eigenvalue weighted by Crippen LogP contribution is 2.34. The van der Waals surface area contributed by atoms with Gasteiger partial charge >= 0.3 is 0 Å². The van der Waals surface area contributed by atoms with Gasteiger partial charge in [0.05, 0.1) is 11.9 Å². The van der Waals surface area contributed by atoms with Gasteiger partial charge in [0.1, 0.15) is 19.0 Å². The summed E-state index contributed by atoms with van der Waals surface area (Å²) in [6, 6.07) is 12.7. The molecule has 0 saturated carbocycles. The molecule has 152 valence electrons. The minimum absolute atomic E-state index is 0.139. The number of hydrogen-bond donors (Lipinski definition) is 2. The van der Waals surface area contributed by atoms with Crippen LogP contribution in [0.3, 0.4) is 0 Å². The maximum atomic E-state index is 13.2. The summed E-state index contributed by atoms with van der Waals surface area (Å²) in [5.41, 5.74) is 4.10. The lowest BCUT2D eigenvalue weighted by atomic mass is 10.0. The van der Waals surface area contributed by atoms with Gasteiger partial charge in [-0.15, -0.1) is 0 Å². The third-order valence-corrected chi connectivity index (χ3v) is 5.08. The average Bonchev–Trinajstić information content (AvgIpc) is 3.20. The maximum Gasteiger partial charge on any atom is 0.162 e. The van der Waals surface area contributed by atoms with Crippen LogP contribution >= 0.6 is 0 Å². The van der Waals surface area contributed by atoms with Crippen molar-refractivity contribution < 1.29 is 13.9 Å². The first-order valence-electron chi connectivity index (χ1n) is 9.66. The van der Waals surface area contributed by atoms with Gasteiger partial charge < -0.3 is 19.7 Å². The van der Waals surface area contributed by atoms with E-state index in [4.69, 9.17) is 9.47 Å². The van der Waals surface area contributed by atoms with Crippen molar-refractivity contribution in [1.29, 1.82) is 0 Å². The largest absolute Gasteiger partial charge is 0.486 e. The second kappa shape index (κ2) is 8.63. The Hall–Kier alpha value is -2.90. The molecule has 0 amide bonds. The Morgan fingerprint density at radius 3 is 2.62 bits per heavy atom. The minimum Gasteiger partial charge on any atom is -0.486 e. The summed E-state index contributed by atoms with van der Waals surface area (Å²) in [6.07, 6.45) is 1.84. The van der Waals surface area contributed by atoms with Crippen LogP contribution in [0.25, 0.3) is 11.3 Å². The Morgan fingerprint density at radius 2 is 1.86 bits per heavy atom. The summed E-state index contributed by atoms with van der Waals surface area (Å²) in [5.74, 6) is 1.31. The van der Waals surface area contributed by atoms with E-state index in [-0.39, 0.29) is 11.9 Å². The zero-order valence-electron chi connectivity index (χ0n) is 16.6. The molecule has 0 aliphatic carbocycles. The standard InChI is InChI=1S/C22H25FN4O2/c1-27(2)19(15-3-6-18(23)7-4-15)14-24-12-17-13-25-26-22(17)16-5-8-20-21(11-16)29-10-9-28-20/h3-8,11,13,19,24H,9-10,12,14H2,1-2H3,(H,25,26). The normalized spacial score (nSPS) is 14.2. The third-order valence-electron chi connectivity index (χ3n) is 5.08. The van der Waals surface area contributed by atoms with Gasteiger partial charge in [-0.05, 0) is 50.0 Å². The molecule has 1 aliphatic heterocycles. The molecule has 2 aromatic carbocycles. The summed E-state index contributed by atoms with van der Waals surface area (Å²) in [7, 11) is 4.04. The molecule has 0 bridgehead atoms. The number of likely N-dealkylation sites (N-methyl/N-ethyl adjacent to an activating group) is 1. The lowest BCUT2D eigenvalue weighted by Gasteiger charge is -2.25. The number of rotatable bonds is 7. The van der Waals surface area contributed by atoms with Gasteiger partial charge in [0.25, 0.3) is 0 Å². The molecule has 0 saturated heterocycles. The molecule has 1 atom stereocenters. The van der Waals surface area contributed by atoms with E-state index in [0.29, 0.717) is 19.8 Å². The first-order valence-corrected chi connectivity index (χ1v) is 9.66. The molecule has 1 aromatic heterocycles. The number of hydrogen-bond acceptors (Lipinski definition) is 5. The predicted molar refractivity (Wildman–Crippen MR) is 110 cm³/mol. The average molecular weight is 396 g/mol. The summed E-state index contributed by atoms with van der Waals surface area (Å²) in [6.45, 7) is 2.52. The van der Waals surface area contributed by atoms with Gasteiger partial charge in [-0.3, -0.25) is 5.10 Å². The van der Waals surface area contributed by atoms with E-state index >= 15 is 0 Å². The van der Waals surface area contributed by atoms with Crippen molar-refractivity contribution in [3.8, 4) is 22.8 Å². The second-order valence-corrected chi connectivity index (χ2v) is 7.29. The lowest BCUT2D eigenvalue weighted by molar-refractivity contribution is 0.171. The molecule has 6 nitrogen and oxygen atoms in total. The van der Waals surface area contributed by atoms with Gasteiger partial charge in [0, 0.05) is 30.3 Å². The van der Waals surface area contributed by atoms with Crippen molar-refractivity contribution >= 4 is 0 Å². The highest BCUT2D eigenvalue weighted by molar-refractivity contribution is 5.66. The molecule has 1 unspecified atom stereocenters. The van der Waals surface area contributed by atoms with Crippen LogP contribution < -0.4 is 14.8 Å². The first-order chi connectivity index (χ1) is 14.1. The van der Waals surface area contributed by atoms with Crippen LogP contribution in [-0.4, -0.2) is 49.0 Å². The predicted octanol–water partition coefficient (Wildman–Crippen LogP) is 3.38. The number of aromatic amines is 1.